The summed E-state index contributed by atoms with van der Waals surface area (Å²) >= 11 is 0. The van der Waals surface area contributed by atoms with Gasteiger partial charge >= 0.3 is 0 Å². The van der Waals surface area contributed by atoms with Gasteiger partial charge in [-0.25, -0.2) is 0 Å². The molecule has 2 rings (SSSR count). The van der Waals surface area contributed by atoms with E-state index in [9.17, 15) is 0 Å². The Bertz CT molecular complexity index is 755. The number of nitrogens with one attached hydrogen (secondary N) is 1. The van der Waals surface area contributed by atoms with Crippen LogP contribution in [0.15, 0.2) is 90.2 Å². The van der Waals surface area contributed by atoms with Gasteiger partial charge in [-0.05, 0) is 43.4 Å². The minimum absolute atomic E-state index is 1.07. The summed E-state index contributed by atoms with van der Waals surface area (Å²) in [6.45, 7) is 10.1. The highest BCUT2D eigenvalue weighted by molar-refractivity contribution is 5.94. The predicted octanol–water partition coefficient (Wildman–Crippen LogP) is 6.23. The summed E-state index contributed by atoms with van der Waals surface area (Å²) in [5.41, 5.74) is 4.49. The van der Waals surface area contributed by atoms with Crippen LogP contribution < -0.4 is 5.32 Å². The second-order valence-corrected chi connectivity index (χ2v) is 5.15. The van der Waals surface area contributed by atoms with Crippen LogP contribution in [0, 0.1) is 0 Å². The zero-order chi connectivity index (χ0) is 15.9. The minimum atomic E-state index is 1.07. The van der Waals surface area contributed by atoms with Crippen molar-refractivity contribution < 1.29 is 0 Å². The van der Waals surface area contributed by atoms with Gasteiger partial charge in [0.05, 0.1) is 0 Å². The molecule has 0 radical (unpaired) electrons. The summed E-state index contributed by atoms with van der Waals surface area (Å²) in [6.07, 6.45) is 8.14. The molecule has 2 aromatic rings. The van der Waals surface area contributed by atoms with Crippen LogP contribution in [-0.4, -0.2) is 0 Å². The standard InChI is InChI=1S/C21H23N/c1-5-11-16(4)18(6-2)20(7-3)22-21-15-10-13-17-12-8-9-14-19(17)21/h5-15,22H,2H2,1,3-4H3/b11-5-,18-16+,20-7+. The van der Waals surface area contributed by atoms with E-state index in [4.69, 9.17) is 0 Å². The molecule has 1 heteroatoms. The highest BCUT2D eigenvalue weighted by atomic mass is 14.9. The maximum absolute atomic E-state index is 3.96. The molecule has 0 spiro atoms. The third-order valence-corrected chi connectivity index (χ3v) is 3.68. The van der Waals surface area contributed by atoms with Crippen molar-refractivity contribution >= 4 is 16.5 Å². The van der Waals surface area contributed by atoms with E-state index in [2.05, 4.69) is 73.4 Å². The van der Waals surface area contributed by atoms with Crippen molar-refractivity contribution in [2.24, 2.45) is 0 Å². The fourth-order valence-electron chi connectivity index (χ4n) is 2.60. The van der Waals surface area contributed by atoms with Crippen molar-refractivity contribution in [3.05, 3.63) is 90.2 Å². The first-order valence-corrected chi connectivity index (χ1v) is 7.58. The van der Waals surface area contributed by atoms with Gasteiger partial charge in [0.25, 0.3) is 0 Å². The van der Waals surface area contributed by atoms with Crippen LogP contribution in [0.4, 0.5) is 5.69 Å². The number of hydrogen-bond acceptors (Lipinski definition) is 1. The Morgan fingerprint density at radius 1 is 1.05 bits per heavy atom. The number of hydrogen-bond donors (Lipinski definition) is 1. The maximum atomic E-state index is 3.96. The fourth-order valence-corrected chi connectivity index (χ4v) is 2.60. The SMILES string of the molecule is C=CC(/C(=C\C)Nc1cccc2ccccc12)=C(C)\C=C/C. The Labute approximate surface area is 133 Å². The molecule has 2 aromatic carbocycles. The lowest BCUT2D eigenvalue weighted by Gasteiger charge is -2.15. The molecule has 0 amide bonds. The summed E-state index contributed by atoms with van der Waals surface area (Å²) in [6, 6.07) is 14.7. The van der Waals surface area contributed by atoms with Crippen molar-refractivity contribution in [3.63, 3.8) is 0 Å². The van der Waals surface area contributed by atoms with Crippen LogP contribution in [0.1, 0.15) is 20.8 Å². The first kappa shape index (κ1) is 15.8. The molecule has 0 saturated carbocycles. The molecular formula is C21H23N. The van der Waals surface area contributed by atoms with E-state index in [0.717, 1.165) is 17.0 Å². The van der Waals surface area contributed by atoms with Gasteiger partial charge in [0.15, 0.2) is 0 Å². The number of rotatable bonds is 5. The Hall–Kier alpha value is -2.54. The van der Waals surface area contributed by atoms with Gasteiger partial charge in [-0.2, -0.15) is 0 Å². The summed E-state index contributed by atoms with van der Waals surface area (Å²) in [5, 5.41) is 6.01. The third kappa shape index (κ3) is 3.37. The zero-order valence-electron chi connectivity index (χ0n) is 13.6. The molecular weight excluding hydrogens is 266 g/mol. The number of fused-ring (bicyclic) bond motifs is 1. The lowest BCUT2D eigenvalue weighted by Crippen LogP contribution is -2.03. The summed E-state index contributed by atoms with van der Waals surface area (Å²) in [4.78, 5) is 0. The average molecular weight is 289 g/mol. The molecule has 1 nitrogen and oxygen atoms in total. The molecule has 1 N–H and O–H groups in total. The van der Waals surface area contributed by atoms with Gasteiger partial charge < -0.3 is 5.32 Å². The van der Waals surface area contributed by atoms with Gasteiger partial charge in [0.1, 0.15) is 0 Å². The van der Waals surface area contributed by atoms with Crippen molar-refractivity contribution in [1.82, 2.24) is 0 Å². The molecule has 0 bridgehead atoms. The Morgan fingerprint density at radius 3 is 2.45 bits per heavy atom. The highest BCUT2D eigenvalue weighted by Crippen LogP contribution is 2.27. The molecule has 22 heavy (non-hydrogen) atoms. The summed E-state index contributed by atoms with van der Waals surface area (Å²) < 4.78 is 0. The van der Waals surface area contributed by atoms with E-state index in [0.29, 0.717) is 0 Å². The summed E-state index contributed by atoms with van der Waals surface area (Å²) in [5.74, 6) is 0. The van der Waals surface area contributed by atoms with E-state index < -0.39 is 0 Å². The quantitative estimate of drug-likeness (QED) is 0.643. The smallest absolute Gasteiger partial charge is 0.0463 e. The molecule has 0 unspecified atom stereocenters. The largest absolute Gasteiger partial charge is 0.355 e. The molecule has 0 atom stereocenters. The van der Waals surface area contributed by atoms with Crippen molar-refractivity contribution in [2.45, 2.75) is 20.8 Å². The first-order chi connectivity index (χ1) is 10.7. The Morgan fingerprint density at radius 2 is 1.77 bits per heavy atom. The highest BCUT2D eigenvalue weighted by Gasteiger charge is 2.06. The van der Waals surface area contributed by atoms with E-state index in [1.165, 1.54) is 16.3 Å². The van der Waals surface area contributed by atoms with Crippen LogP contribution >= 0.6 is 0 Å². The molecule has 0 aromatic heterocycles. The molecule has 0 aliphatic heterocycles. The van der Waals surface area contributed by atoms with E-state index in [1.54, 1.807) is 0 Å². The van der Waals surface area contributed by atoms with Crippen LogP contribution in [0.3, 0.4) is 0 Å². The van der Waals surface area contributed by atoms with Crippen molar-refractivity contribution in [1.29, 1.82) is 0 Å². The molecule has 0 heterocycles. The topological polar surface area (TPSA) is 12.0 Å². The maximum Gasteiger partial charge on any atom is 0.0463 e. The molecule has 112 valence electrons. The summed E-state index contributed by atoms with van der Waals surface area (Å²) in [7, 11) is 0. The second kappa shape index (κ2) is 7.46. The third-order valence-electron chi connectivity index (χ3n) is 3.68. The molecule has 0 aliphatic rings. The number of anilines is 1. The van der Waals surface area contributed by atoms with Crippen LogP contribution in [0.5, 0.6) is 0 Å². The molecule has 0 fully saturated rings. The minimum Gasteiger partial charge on any atom is -0.355 e. The van der Waals surface area contributed by atoms with E-state index in [1.807, 2.05) is 26.0 Å². The zero-order valence-corrected chi connectivity index (χ0v) is 13.6. The van der Waals surface area contributed by atoms with Crippen molar-refractivity contribution in [3.8, 4) is 0 Å². The predicted molar refractivity (Wildman–Crippen MR) is 99.0 cm³/mol. The van der Waals surface area contributed by atoms with Gasteiger partial charge in [0.2, 0.25) is 0 Å². The number of benzene rings is 2. The van der Waals surface area contributed by atoms with Crippen LogP contribution in [0.2, 0.25) is 0 Å². The van der Waals surface area contributed by atoms with Gasteiger partial charge in [0, 0.05) is 16.8 Å². The molecule has 0 saturated heterocycles. The van der Waals surface area contributed by atoms with Gasteiger partial charge in [-0.3, -0.25) is 0 Å². The molecule has 0 aliphatic carbocycles. The van der Waals surface area contributed by atoms with Gasteiger partial charge in [-0.1, -0.05) is 67.3 Å². The number of allylic oxidation sites excluding steroid dienone is 5. The first-order valence-electron chi connectivity index (χ1n) is 7.58. The normalized spacial score (nSPS) is 13.3. The Kier molecular flexibility index (Phi) is 5.37. The lowest BCUT2D eigenvalue weighted by molar-refractivity contribution is 1.33. The van der Waals surface area contributed by atoms with E-state index >= 15 is 0 Å². The van der Waals surface area contributed by atoms with Gasteiger partial charge in [-0.15, -0.1) is 0 Å². The van der Waals surface area contributed by atoms with Crippen LogP contribution in [0.25, 0.3) is 10.8 Å². The lowest BCUT2D eigenvalue weighted by atomic mass is 10.0. The average Bonchev–Trinajstić information content (AvgIpc) is 2.55. The Balaban J connectivity index is 2.46. The monoisotopic (exact) mass is 289 g/mol. The second-order valence-electron chi connectivity index (χ2n) is 5.15. The van der Waals surface area contributed by atoms with Crippen LogP contribution in [-0.2, 0) is 0 Å². The fraction of sp³-hybridized carbons (Fsp3) is 0.143. The van der Waals surface area contributed by atoms with E-state index in [-0.39, 0.29) is 0 Å². The van der Waals surface area contributed by atoms with Crippen molar-refractivity contribution in [2.75, 3.05) is 5.32 Å².